The third kappa shape index (κ3) is 3.12. The summed E-state index contributed by atoms with van der Waals surface area (Å²) in [7, 11) is 1.63. The molecule has 1 aromatic carbocycles. The fourth-order valence-electron chi connectivity index (χ4n) is 4.00. The molecule has 4 rings (SSSR count). The summed E-state index contributed by atoms with van der Waals surface area (Å²) in [5.41, 5.74) is 1.20. The van der Waals surface area contributed by atoms with E-state index in [0.717, 1.165) is 35.9 Å². The van der Waals surface area contributed by atoms with E-state index in [1.807, 2.05) is 35.8 Å². The maximum Gasteiger partial charge on any atom is 0.291 e. The van der Waals surface area contributed by atoms with Gasteiger partial charge in [-0.15, -0.1) is 0 Å². The molecule has 7 nitrogen and oxygen atoms in total. The summed E-state index contributed by atoms with van der Waals surface area (Å²) < 4.78 is 3.16. The Morgan fingerprint density at radius 2 is 1.96 bits per heavy atom. The van der Waals surface area contributed by atoms with E-state index >= 15 is 0 Å². The number of hydrogen-bond acceptors (Lipinski definition) is 4. The molecule has 27 heavy (non-hydrogen) atoms. The van der Waals surface area contributed by atoms with Crippen molar-refractivity contribution in [3.63, 3.8) is 0 Å². The van der Waals surface area contributed by atoms with E-state index < -0.39 is 6.04 Å². The number of benzene rings is 1. The van der Waals surface area contributed by atoms with E-state index in [9.17, 15) is 9.59 Å². The summed E-state index contributed by atoms with van der Waals surface area (Å²) in [5, 5.41) is 8.91. The second kappa shape index (κ2) is 7.15. The van der Waals surface area contributed by atoms with Crippen LogP contribution >= 0.6 is 0 Å². The molecule has 1 aliphatic heterocycles. The van der Waals surface area contributed by atoms with Crippen molar-refractivity contribution >= 4 is 27.7 Å². The number of aryl methyl sites for hydroxylation is 1. The summed E-state index contributed by atoms with van der Waals surface area (Å²) >= 11 is 0. The van der Waals surface area contributed by atoms with Gasteiger partial charge in [0.25, 0.3) is 5.56 Å². The zero-order chi connectivity index (χ0) is 19.0. The Bertz CT molecular complexity index is 1050. The molecule has 0 saturated carbocycles. The molecular formula is C20H25N5O2. The van der Waals surface area contributed by atoms with E-state index in [0.29, 0.717) is 12.1 Å². The van der Waals surface area contributed by atoms with Gasteiger partial charge in [0.2, 0.25) is 5.91 Å². The van der Waals surface area contributed by atoms with Gasteiger partial charge in [0.15, 0.2) is 0 Å². The van der Waals surface area contributed by atoms with Crippen LogP contribution in [0.3, 0.4) is 0 Å². The van der Waals surface area contributed by atoms with Crippen LogP contribution in [-0.4, -0.2) is 51.3 Å². The summed E-state index contributed by atoms with van der Waals surface area (Å²) in [6, 6.07) is 7.29. The first-order valence-corrected chi connectivity index (χ1v) is 9.53. The van der Waals surface area contributed by atoms with Crippen LogP contribution in [0.25, 0.3) is 21.8 Å². The summed E-state index contributed by atoms with van der Waals surface area (Å²) in [6.07, 6.45) is 4.18. The SMILES string of the molecule is CC(C(=O)NCCN1CCCC1)n1c2ccccc2c2cnn(C)c(=O)c21. The van der Waals surface area contributed by atoms with E-state index in [1.54, 1.807) is 13.2 Å². The molecule has 1 amide bonds. The fourth-order valence-corrected chi connectivity index (χ4v) is 4.00. The van der Waals surface area contributed by atoms with Crippen molar-refractivity contribution in [2.75, 3.05) is 26.2 Å². The van der Waals surface area contributed by atoms with E-state index in [-0.39, 0.29) is 11.5 Å². The Morgan fingerprint density at radius 1 is 1.22 bits per heavy atom. The van der Waals surface area contributed by atoms with E-state index in [4.69, 9.17) is 0 Å². The number of nitrogens with one attached hydrogen (secondary N) is 1. The van der Waals surface area contributed by atoms with Crippen LogP contribution < -0.4 is 10.9 Å². The van der Waals surface area contributed by atoms with Crippen molar-refractivity contribution in [1.29, 1.82) is 0 Å². The van der Waals surface area contributed by atoms with Gasteiger partial charge in [-0.1, -0.05) is 18.2 Å². The van der Waals surface area contributed by atoms with Gasteiger partial charge >= 0.3 is 0 Å². The number of rotatable bonds is 5. The number of carbonyl (C=O) groups excluding carboxylic acids is 1. The summed E-state index contributed by atoms with van der Waals surface area (Å²) in [6.45, 7) is 5.57. The van der Waals surface area contributed by atoms with Crippen LogP contribution in [-0.2, 0) is 11.8 Å². The minimum atomic E-state index is -0.485. The molecule has 2 aromatic heterocycles. The van der Waals surface area contributed by atoms with Crippen molar-refractivity contribution in [2.45, 2.75) is 25.8 Å². The number of para-hydroxylation sites is 1. The van der Waals surface area contributed by atoms with Crippen LogP contribution in [0.5, 0.6) is 0 Å². The molecule has 3 aromatic rings. The molecule has 0 bridgehead atoms. The molecular weight excluding hydrogens is 342 g/mol. The molecule has 1 N–H and O–H groups in total. The van der Waals surface area contributed by atoms with Crippen LogP contribution in [0.1, 0.15) is 25.8 Å². The lowest BCUT2D eigenvalue weighted by Gasteiger charge is -2.19. The minimum Gasteiger partial charge on any atom is -0.353 e. The topological polar surface area (TPSA) is 72.2 Å². The molecule has 0 aliphatic carbocycles. The molecule has 1 aliphatic rings. The maximum absolute atomic E-state index is 12.8. The zero-order valence-electron chi connectivity index (χ0n) is 15.8. The average molecular weight is 367 g/mol. The van der Waals surface area contributed by atoms with Gasteiger partial charge < -0.3 is 14.8 Å². The lowest BCUT2D eigenvalue weighted by atomic mass is 10.2. The lowest BCUT2D eigenvalue weighted by Crippen LogP contribution is -2.37. The van der Waals surface area contributed by atoms with Gasteiger partial charge in [-0.2, -0.15) is 5.10 Å². The highest BCUT2D eigenvalue weighted by Gasteiger charge is 2.23. The van der Waals surface area contributed by atoms with Crippen molar-refractivity contribution in [3.8, 4) is 0 Å². The largest absolute Gasteiger partial charge is 0.353 e. The van der Waals surface area contributed by atoms with Crippen molar-refractivity contribution < 1.29 is 4.79 Å². The minimum absolute atomic E-state index is 0.0734. The Balaban J connectivity index is 1.67. The molecule has 142 valence electrons. The molecule has 0 spiro atoms. The normalized spacial score (nSPS) is 16.2. The second-order valence-electron chi connectivity index (χ2n) is 7.24. The smallest absolute Gasteiger partial charge is 0.291 e. The first kappa shape index (κ1) is 17.7. The number of aromatic nitrogens is 3. The number of amides is 1. The molecule has 3 heterocycles. The van der Waals surface area contributed by atoms with Crippen molar-refractivity contribution in [3.05, 3.63) is 40.8 Å². The maximum atomic E-state index is 12.8. The number of fused-ring (bicyclic) bond motifs is 3. The lowest BCUT2D eigenvalue weighted by molar-refractivity contribution is -0.123. The number of nitrogens with zero attached hydrogens (tertiary/aromatic N) is 4. The van der Waals surface area contributed by atoms with Crippen LogP contribution in [0.4, 0.5) is 0 Å². The Hall–Kier alpha value is -2.67. The first-order valence-electron chi connectivity index (χ1n) is 9.53. The van der Waals surface area contributed by atoms with Crippen molar-refractivity contribution in [1.82, 2.24) is 24.6 Å². The standard InChI is InChI=1S/C20H25N5O2/c1-14(19(26)21-9-12-24-10-5-6-11-24)25-17-8-4-3-7-15(17)16-13-22-23(2)20(27)18(16)25/h3-4,7-8,13-14H,5-6,9-12H2,1-2H3,(H,21,26). The second-order valence-corrected chi connectivity index (χ2v) is 7.24. The highest BCUT2D eigenvalue weighted by atomic mass is 16.2. The van der Waals surface area contributed by atoms with Gasteiger partial charge in [0.1, 0.15) is 11.6 Å². The number of carbonyl (C=O) groups is 1. The quantitative estimate of drug-likeness (QED) is 0.744. The molecule has 1 fully saturated rings. The molecule has 0 radical (unpaired) electrons. The van der Waals surface area contributed by atoms with Gasteiger partial charge in [0, 0.05) is 30.9 Å². The molecule has 7 heteroatoms. The number of likely N-dealkylation sites (tertiary alicyclic amines) is 1. The third-order valence-electron chi connectivity index (χ3n) is 5.50. The molecule has 1 saturated heterocycles. The Kier molecular flexibility index (Phi) is 4.70. The molecule has 1 unspecified atom stereocenters. The fraction of sp³-hybridized carbons (Fsp3) is 0.450. The summed E-state index contributed by atoms with van der Waals surface area (Å²) in [5.74, 6) is -0.0734. The highest BCUT2D eigenvalue weighted by molar-refractivity contribution is 6.08. The third-order valence-corrected chi connectivity index (χ3v) is 5.50. The highest BCUT2D eigenvalue weighted by Crippen LogP contribution is 2.29. The van der Waals surface area contributed by atoms with Crippen LogP contribution in [0.2, 0.25) is 0 Å². The van der Waals surface area contributed by atoms with Gasteiger partial charge in [-0.3, -0.25) is 9.59 Å². The Labute approximate surface area is 157 Å². The first-order chi connectivity index (χ1) is 13.1. The van der Waals surface area contributed by atoms with Crippen LogP contribution in [0.15, 0.2) is 35.3 Å². The van der Waals surface area contributed by atoms with Crippen LogP contribution in [0, 0.1) is 0 Å². The van der Waals surface area contributed by atoms with Gasteiger partial charge in [-0.25, -0.2) is 4.68 Å². The van der Waals surface area contributed by atoms with Crippen molar-refractivity contribution in [2.24, 2.45) is 7.05 Å². The monoisotopic (exact) mass is 367 g/mol. The predicted octanol–water partition coefficient (Wildman–Crippen LogP) is 1.66. The van der Waals surface area contributed by atoms with Gasteiger partial charge in [0.05, 0.1) is 11.7 Å². The summed E-state index contributed by atoms with van der Waals surface area (Å²) in [4.78, 5) is 28.0. The predicted molar refractivity (Wildman–Crippen MR) is 106 cm³/mol. The van der Waals surface area contributed by atoms with E-state index in [1.165, 1.54) is 17.5 Å². The van der Waals surface area contributed by atoms with E-state index in [2.05, 4.69) is 15.3 Å². The number of hydrogen-bond donors (Lipinski definition) is 1. The Morgan fingerprint density at radius 3 is 2.74 bits per heavy atom. The molecule has 1 atom stereocenters. The zero-order valence-corrected chi connectivity index (χ0v) is 15.8. The average Bonchev–Trinajstić information content (AvgIpc) is 3.30. The van der Waals surface area contributed by atoms with Gasteiger partial charge in [-0.05, 0) is 38.9 Å².